The summed E-state index contributed by atoms with van der Waals surface area (Å²) >= 11 is 0. The summed E-state index contributed by atoms with van der Waals surface area (Å²) in [5.74, 6) is 0.144. The van der Waals surface area contributed by atoms with E-state index < -0.39 is 17.6 Å². The molecule has 0 aromatic heterocycles. The molecule has 7 heteroatoms. The van der Waals surface area contributed by atoms with E-state index in [2.05, 4.69) is 10.5 Å². The van der Waals surface area contributed by atoms with Crippen LogP contribution in [-0.4, -0.2) is 18.7 Å². The Bertz CT molecular complexity index is 769. The summed E-state index contributed by atoms with van der Waals surface area (Å²) in [6.07, 6.45) is -3.12. The highest BCUT2D eigenvalue weighted by atomic mass is 19.4. The van der Waals surface area contributed by atoms with E-state index in [0.29, 0.717) is 11.3 Å². The molecule has 0 radical (unpaired) electrons. The first-order valence-corrected chi connectivity index (χ1v) is 7.45. The van der Waals surface area contributed by atoms with Gasteiger partial charge < -0.3 is 4.74 Å². The van der Waals surface area contributed by atoms with Gasteiger partial charge in [-0.1, -0.05) is 24.3 Å². The first-order chi connectivity index (χ1) is 11.8. The molecule has 0 atom stereocenters. The van der Waals surface area contributed by atoms with Gasteiger partial charge in [0.25, 0.3) is 5.91 Å². The third-order valence-corrected chi connectivity index (χ3v) is 3.55. The van der Waals surface area contributed by atoms with Gasteiger partial charge in [0.15, 0.2) is 6.61 Å². The summed E-state index contributed by atoms with van der Waals surface area (Å²) < 4.78 is 42.8. The molecule has 0 aliphatic rings. The Morgan fingerprint density at radius 2 is 1.84 bits per heavy atom. The fourth-order valence-electron chi connectivity index (χ4n) is 1.99. The summed E-state index contributed by atoms with van der Waals surface area (Å²) in [5.41, 5.74) is 3.96. The van der Waals surface area contributed by atoms with Crippen molar-refractivity contribution in [1.82, 2.24) is 5.43 Å². The number of carbonyl (C=O) groups is 1. The van der Waals surface area contributed by atoms with Gasteiger partial charge in [0.05, 0.1) is 11.8 Å². The molecule has 2 aromatic carbocycles. The topological polar surface area (TPSA) is 50.7 Å². The van der Waals surface area contributed by atoms with Crippen LogP contribution < -0.4 is 10.2 Å². The number of ether oxygens (including phenoxy) is 1. The lowest BCUT2D eigenvalue weighted by Crippen LogP contribution is -2.24. The van der Waals surface area contributed by atoms with Crippen LogP contribution in [-0.2, 0) is 11.0 Å². The van der Waals surface area contributed by atoms with Gasteiger partial charge in [-0.15, -0.1) is 0 Å². The highest BCUT2D eigenvalue weighted by Gasteiger charge is 2.29. The third kappa shape index (κ3) is 5.34. The normalized spacial score (nSPS) is 11.6. The Morgan fingerprint density at radius 1 is 1.16 bits per heavy atom. The standard InChI is InChI=1S/C18H17F3N2O2/c1-12-4-3-5-16(13(12)2)25-11-17(24)23-22-10-14-6-8-15(9-7-14)18(19,20)21/h3-10H,11H2,1-2H3,(H,23,24)/b22-10-. The number of benzene rings is 2. The Hall–Kier alpha value is -2.83. The van der Waals surface area contributed by atoms with Crippen LogP contribution >= 0.6 is 0 Å². The molecule has 0 saturated carbocycles. The molecule has 0 heterocycles. The molecule has 4 nitrogen and oxygen atoms in total. The average Bonchev–Trinajstić information content (AvgIpc) is 2.56. The average molecular weight is 350 g/mol. The number of alkyl halides is 3. The van der Waals surface area contributed by atoms with Crippen LogP contribution in [0.25, 0.3) is 0 Å². The van der Waals surface area contributed by atoms with Gasteiger partial charge in [-0.25, -0.2) is 5.43 Å². The highest BCUT2D eigenvalue weighted by molar-refractivity contribution is 5.83. The third-order valence-electron chi connectivity index (χ3n) is 3.55. The van der Waals surface area contributed by atoms with E-state index in [1.54, 1.807) is 6.07 Å². The first-order valence-electron chi connectivity index (χ1n) is 7.45. The van der Waals surface area contributed by atoms with Crippen molar-refractivity contribution in [3.63, 3.8) is 0 Å². The van der Waals surface area contributed by atoms with Gasteiger partial charge in [0, 0.05) is 0 Å². The summed E-state index contributed by atoms with van der Waals surface area (Å²) in [5, 5.41) is 3.70. The predicted molar refractivity (Wildman–Crippen MR) is 88.6 cm³/mol. The molecule has 2 rings (SSSR count). The molecule has 2 aromatic rings. The quantitative estimate of drug-likeness (QED) is 0.658. The number of nitrogens with zero attached hydrogens (tertiary/aromatic N) is 1. The molecule has 1 amide bonds. The molecular formula is C18H17F3N2O2. The molecule has 0 saturated heterocycles. The predicted octanol–water partition coefficient (Wildman–Crippen LogP) is 3.85. The van der Waals surface area contributed by atoms with Crippen molar-refractivity contribution in [3.8, 4) is 5.75 Å². The molecule has 0 fully saturated rings. The molecule has 0 aliphatic carbocycles. The van der Waals surface area contributed by atoms with Crippen LogP contribution in [0.2, 0.25) is 0 Å². The second-order valence-corrected chi connectivity index (χ2v) is 5.40. The van der Waals surface area contributed by atoms with Crippen LogP contribution in [0.3, 0.4) is 0 Å². The largest absolute Gasteiger partial charge is 0.483 e. The van der Waals surface area contributed by atoms with Crippen molar-refractivity contribution < 1.29 is 22.7 Å². The van der Waals surface area contributed by atoms with E-state index in [9.17, 15) is 18.0 Å². The molecule has 132 valence electrons. The summed E-state index contributed by atoms with van der Waals surface area (Å²) in [6.45, 7) is 3.62. The Morgan fingerprint density at radius 3 is 2.48 bits per heavy atom. The highest BCUT2D eigenvalue weighted by Crippen LogP contribution is 2.28. The number of aryl methyl sites for hydroxylation is 1. The lowest BCUT2D eigenvalue weighted by atomic mass is 10.1. The van der Waals surface area contributed by atoms with Crippen molar-refractivity contribution in [1.29, 1.82) is 0 Å². The fraction of sp³-hybridized carbons (Fsp3) is 0.222. The monoisotopic (exact) mass is 350 g/mol. The lowest BCUT2D eigenvalue weighted by molar-refractivity contribution is -0.137. The van der Waals surface area contributed by atoms with Gasteiger partial charge in [0.1, 0.15) is 5.75 Å². The number of hydrazone groups is 1. The number of hydrogen-bond acceptors (Lipinski definition) is 3. The zero-order chi connectivity index (χ0) is 18.4. The SMILES string of the molecule is Cc1cccc(OCC(=O)N/N=C\c2ccc(C(F)(F)F)cc2)c1C. The van der Waals surface area contributed by atoms with Gasteiger partial charge in [-0.3, -0.25) is 4.79 Å². The summed E-state index contributed by atoms with van der Waals surface area (Å²) in [6, 6.07) is 9.98. The van der Waals surface area contributed by atoms with Crippen LogP contribution in [0, 0.1) is 13.8 Å². The number of carbonyl (C=O) groups excluding carboxylic acids is 1. The molecule has 1 N–H and O–H groups in total. The van der Waals surface area contributed by atoms with Gasteiger partial charge in [0.2, 0.25) is 0 Å². The van der Waals surface area contributed by atoms with Gasteiger partial charge >= 0.3 is 6.18 Å². The van der Waals surface area contributed by atoms with E-state index in [1.165, 1.54) is 18.3 Å². The van der Waals surface area contributed by atoms with E-state index >= 15 is 0 Å². The van der Waals surface area contributed by atoms with Crippen molar-refractivity contribution in [2.24, 2.45) is 5.10 Å². The van der Waals surface area contributed by atoms with Crippen LogP contribution in [0.15, 0.2) is 47.6 Å². The smallest absolute Gasteiger partial charge is 0.416 e. The maximum Gasteiger partial charge on any atom is 0.416 e. The minimum Gasteiger partial charge on any atom is -0.483 e. The van der Waals surface area contributed by atoms with E-state index in [4.69, 9.17) is 4.74 Å². The Labute approximate surface area is 143 Å². The van der Waals surface area contributed by atoms with E-state index in [0.717, 1.165) is 23.3 Å². The minimum absolute atomic E-state index is 0.214. The van der Waals surface area contributed by atoms with Gasteiger partial charge in [-0.05, 0) is 48.7 Å². The van der Waals surface area contributed by atoms with Crippen LogP contribution in [0.5, 0.6) is 5.75 Å². The molecule has 25 heavy (non-hydrogen) atoms. The second kappa shape index (κ2) is 7.83. The number of amides is 1. The zero-order valence-corrected chi connectivity index (χ0v) is 13.7. The maximum absolute atomic E-state index is 12.5. The maximum atomic E-state index is 12.5. The lowest BCUT2D eigenvalue weighted by Gasteiger charge is -2.09. The number of halogens is 3. The summed E-state index contributed by atoms with van der Waals surface area (Å²) in [7, 11) is 0. The van der Waals surface area contributed by atoms with Crippen LogP contribution in [0.4, 0.5) is 13.2 Å². The Balaban J connectivity index is 1.85. The second-order valence-electron chi connectivity index (χ2n) is 5.40. The number of hydrogen-bond donors (Lipinski definition) is 1. The van der Waals surface area contributed by atoms with Crippen molar-refractivity contribution >= 4 is 12.1 Å². The minimum atomic E-state index is -4.38. The molecular weight excluding hydrogens is 333 g/mol. The van der Waals surface area contributed by atoms with Crippen LogP contribution in [0.1, 0.15) is 22.3 Å². The first kappa shape index (κ1) is 18.5. The molecule has 0 aliphatic heterocycles. The molecule has 0 bridgehead atoms. The van der Waals surface area contributed by atoms with Crippen molar-refractivity contribution in [3.05, 3.63) is 64.7 Å². The fourth-order valence-corrected chi connectivity index (χ4v) is 1.99. The number of nitrogens with one attached hydrogen (secondary N) is 1. The van der Waals surface area contributed by atoms with Crippen molar-refractivity contribution in [2.45, 2.75) is 20.0 Å². The zero-order valence-electron chi connectivity index (χ0n) is 13.7. The van der Waals surface area contributed by atoms with E-state index in [1.807, 2.05) is 26.0 Å². The van der Waals surface area contributed by atoms with E-state index in [-0.39, 0.29) is 6.61 Å². The Kier molecular flexibility index (Phi) is 5.80. The summed E-state index contributed by atoms with van der Waals surface area (Å²) in [4.78, 5) is 11.7. The van der Waals surface area contributed by atoms with Crippen molar-refractivity contribution in [2.75, 3.05) is 6.61 Å². The number of rotatable bonds is 5. The molecule has 0 spiro atoms. The van der Waals surface area contributed by atoms with Gasteiger partial charge in [-0.2, -0.15) is 18.3 Å². The molecule has 0 unspecified atom stereocenters.